The molecule has 0 amide bonds. The smallest absolute Gasteiger partial charge is 0.208 e. The third-order valence-corrected chi connectivity index (χ3v) is 3.20. The number of nitrogens with zero attached hydrogens (tertiary/aromatic N) is 1. The molecule has 1 rings (SSSR count). The molecule has 0 saturated heterocycles. The minimum atomic E-state index is -3.14. The van der Waals surface area contributed by atoms with Crippen LogP contribution >= 0.6 is 11.6 Å². The van der Waals surface area contributed by atoms with Crippen LogP contribution in [0.1, 0.15) is 12.0 Å². The van der Waals surface area contributed by atoms with E-state index in [4.69, 9.17) is 16.9 Å². The molecule has 0 bridgehead atoms. The first-order chi connectivity index (χ1) is 8.44. The van der Waals surface area contributed by atoms with Gasteiger partial charge in [0.1, 0.15) is 6.07 Å². The molecule has 0 heterocycles. The van der Waals surface area contributed by atoms with Crippen LogP contribution < -0.4 is 10.0 Å². The summed E-state index contributed by atoms with van der Waals surface area (Å²) in [5.74, 6) is 0. The lowest BCUT2D eigenvalue weighted by atomic mass is 10.2. The number of nitrogens with one attached hydrogen (secondary N) is 2. The van der Waals surface area contributed by atoms with Crippen LogP contribution in [0.4, 0.5) is 5.69 Å². The summed E-state index contributed by atoms with van der Waals surface area (Å²) in [5.41, 5.74) is 1.06. The highest BCUT2D eigenvalue weighted by Crippen LogP contribution is 2.22. The van der Waals surface area contributed by atoms with Crippen LogP contribution in [-0.2, 0) is 10.0 Å². The van der Waals surface area contributed by atoms with E-state index < -0.39 is 10.0 Å². The Hall–Kier alpha value is -1.29. The first-order valence-corrected chi connectivity index (χ1v) is 7.58. The molecule has 0 aliphatic rings. The van der Waals surface area contributed by atoms with Gasteiger partial charge in [0.05, 0.1) is 22.5 Å². The molecule has 0 radical (unpaired) electrons. The molecule has 0 unspecified atom stereocenters. The number of benzene rings is 1. The van der Waals surface area contributed by atoms with Gasteiger partial charge in [-0.25, -0.2) is 13.1 Å². The maximum atomic E-state index is 10.8. The van der Waals surface area contributed by atoms with E-state index in [9.17, 15) is 8.42 Å². The Morgan fingerprint density at radius 3 is 2.72 bits per heavy atom. The Morgan fingerprint density at radius 2 is 2.11 bits per heavy atom. The van der Waals surface area contributed by atoms with Crippen LogP contribution in [0.5, 0.6) is 0 Å². The molecule has 2 N–H and O–H groups in total. The predicted octanol–water partition coefficient (Wildman–Crippen LogP) is 1.56. The second-order valence-corrected chi connectivity index (χ2v) is 5.96. The molecule has 1 aromatic carbocycles. The third-order valence-electron chi connectivity index (χ3n) is 2.16. The zero-order chi connectivity index (χ0) is 13.6. The second-order valence-electron chi connectivity index (χ2n) is 3.72. The van der Waals surface area contributed by atoms with Gasteiger partial charge in [-0.05, 0) is 18.6 Å². The molecule has 1 aromatic rings. The SMILES string of the molecule is CS(=O)(=O)NCCCNc1cccc(Cl)c1C#N. The minimum Gasteiger partial charge on any atom is -0.384 e. The van der Waals surface area contributed by atoms with Gasteiger partial charge in [0.25, 0.3) is 0 Å². The van der Waals surface area contributed by atoms with E-state index in [1.54, 1.807) is 18.2 Å². The summed E-state index contributed by atoms with van der Waals surface area (Å²) in [5, 5.41) is 12.4. The van der Waals surface area contributed by atoms with Crippen molar-refractivity contribution in [2.75, 3.05) is 24.7 Å². The Morgan fingerprint density at radius 1 is 1.39 bits per heavy atom. The quantitative estimate of drug-likeness (QED) is 0.778. The number of hydrogen-bond acceptors (Lipinski definition) is 4. The van der Waals surface area contributed by atoms with Gasteiger partial charge in [0, 0.05) is 13.1 Å². The largest absolute Gasteiger partial charge is 0.384 e. The van der Waals surface area contributed by atoms with E-state index in [1.807, 2.05) is 6.07 Å². The number of sulfonamides is 1. The summed E-state index contributed by atoms with van der Waals surface area (Å²) in [4.78, 5) is 0. The highest BCUT2D eigenvalue weighted by molar-refractivity contribution is 7.88. The Labute approximate surface area is 112 Å². The summed E-state index contributed by atoms with van der Waals surface area (Å²) in [6.07, 6.45) is 1.73. The summed E-state index contributed by atoms with van der Waals surface area (Å²) in [6, 6.07) is 7.18. The first kappa shape index (κ1) is 14.8. The van der Waals surface area contributed by atoms with Crippen molar-refractivity contribution in [2.24, 2.45) is 0 Å². The average Bonchev–Trinajstić information content (AvgIpc) is 2.27. The third kappa shape index (κ3) is 4.92. The Bertz CT molecular complexity index is 552. The fourth-order valence-corrected chi connectivity index (χ4v) is 2.09. The van der Waals surface area contributed by atoms with Crippen LogP contribution in [0.15, 0.2) is 18.2 Å². The number of rotatable bonds is 6. The second kappa shape index (κ2) is 6.59. The molecule has 18 heavy (non-hydrogen) atoms. The van der Waals surface area contributed by atoms with Crippen molar-refractivity contribution in [1.29, 1.82) is 5.26 Å². The van der Waals surface area contributed by atoms with Gasteiger partial charge >= 0.3 is 0 Å². The van der Waals surface area contributed by atoms with E-state index in [1.165, 1.54) is 0 Å². The van der Waals surface area contributed by atoms with Gasteiger partial charge in [-0.3, -0.25) is 0 Å². The molecule has 5 nitrogen and oxygen atoms in total. The van der Waals surface area contributed by atoms with Crippen LogP contribution in [0.25, 0.3) is 0 Å². The highest BCUT2D eigenvalue weighted by Gasteiger charge is 2.05. The standard InChI is InChI=1S/C11H14ClN3O2S/c1-18(16,17)15-7-3-6-14-11-5-2-4-10(12)9(11)8-13/h2,4-5,14-15H,3,6-7H2,1H3. The van der Waals surface area contributed by atoms with Crippen molar-refractivity contribution in [3.8, 4) is 6.07 Å². The number of nitriles is 1. The van der Waals surface area contributed by atoms with Gasteiger partial charge in [-0.15, -0.1) is 0 Å². The molecule has 0 atom stereocenters. The zero-order valence-corrected chi connectivity index (χ0v) is 11.5. The summed E-state index contributed by atoms with van der Waals surface area (Å²) in [6.45, 7) is 0.909. The molecule has 98 valence electrons. The van der Waals surface area contributed by atoms with Gasteiger partial charge in [-0.1, -0.05) is 17.7 Å². The van der Waals surface area contributed by atoms with E-state index in [0.717, 1.165) is 6.26 Å². The number of anilines is 1. The Balaban J connectivity index is 2.46. The van der Waals surface area contributed by atoms with Crippen LogP contribution in [0, 0.1) is 11.3 Å². The average molecular weight is 288 g/mol. The lowest BCUT2D eigenvalue weighted by Gasteiger charge is -2.09. The van der Waals surface area contributed by atoms with Crippen molar-refractivity contribution in [2.45, 2.75) is 6.42 Å². The van der Waals surface area contributed by atoms with E-state index in [2.05, 4.69) is 10.0 Å². The van der Waals surface area contributed by atoms with Crippen molar-refractivity contribution in [1.82, 2.24) is 4.72 Å². The van der Waals surface area contributed by atoms with Gasteiger partial charge in [0.15, 0.2) is 0 Å². The summed E-state index contributed by atoms with van der Waals surface area (Å²) >= 11 is 5.88. The molecular weight excluding hydrogens is 274 g/mol. The van der Waals surface area contributed by atoms with E-state index in [0.29, 0.717) is 35.8 Å². The molecule has 0 aliphatic carbocycles. The molecule has 7 heteroatoms. The van der Waals surface area contributed by atoms with Crippen molar-refractivity contribution in [3.63, 3.8) is 0 Å². The first-order valence-electron chi connectivity index (χ1n) is 5.31. The highest BCUT2D eigenvalue weighted by atomic mass is 35.5. The predicted molar refractivity (Wildman–Crippen MR) is 72.1 cm³/mol. The molecular formula is C11H14ClN3O2S. The van der Waals surface area contributed by atoms with Crippen LogP contribution in [0.2, 0.25) is 5.02 Å². The van der Waals surface area contributed by atoms with Crippen molar-refractivity contribution >= 4 is 27.3 Å². The monoisotopic (exact) mass is 287 g/mol. The normalized spacial score (nSPS) is 10.9. The van der Waals surface area contributed by atoms with E-state index in [-0.39, 0.29) is 0 Å². The minimum absolute atomic E-state index is 0.355. The fraction of sp³-hybridized carbons (Fsp3) is 0.364. The Kier molecular flexibility index (Phi) is 5.41. The maximum Gasteiger partial charge on any atom is 0.208 e. The zero-order valence-electron chi connectivity index (χ0n) is 9.90. The lowest BCUT2D eigenvalue weighted by Crippen LogP contribution is -2.24. The molecule has 0 aliphatic heterocycles. The molecule has 0 aromatic heterocycles. The molecule has 0 saturated carbocycles. The molecule has 0 fully saturated rings. The van der Waals surface area contributed by atoms with Crippen molar-refractivity contribution in [3.05, 3.63) is 28.8 Å². The van der Waals surface area contributed by atoms with Crippen LogP contribution in [0.3, 0.4) is 0 Å². The number of hydrogen-bond donors (Lipinski definition) is 2. The number of halogens is 1. The van der Waals surface area contributed by atoms with Crippen molar-refractivity contribution < 1.29 is 8.42 Å². The van der Waals surface area contributed by atoms with E-state index >= 15 is 0 Å². The fourth-order valence-electron chi connectivity index (χ4n) is 1.35. The maximum absolute atomic E-state index is 10.8. The summed E-state index contributed by atoms with van der Waals surface area (Å²) < 4.78 is 24.0. The lowest BCUT2D eigenvalue weighted by molar-refractivity contribution is 0.586. The topological polar surface area (TPSA) is 82.0 Å². The van der Waals surface area contributed by atoms with Gasteiger partial charge < -0.3 is 5.32 Å². The van der Waals surface area contributed by atoms with Gasteiger partial charge in [-0.2, -0.15) is 5.26 Å². The van der Waals surface area contributed by atoms with Gasteiger partial charge in [0.2, 0.25) is 10.0 Å². The van der Waals surface area contributed by atoms with Crippen LogP contribution in [-0.4, -0.2) is 27.8 Å². The molecule has 0 spiro atoms. The summed E-state index contributed by atoms with van der Waals surface area (Å²) in [7, 11) is -3.14.